The van der Waals surface area contributed by atoms with E-state index in [-0.39, 0.29) is 17.2 Å². The van der Waals surface area contributed by atoms with Crippen LogP contribution in [0.3, 0.4) is 0 Å². The second-order valence-corrected chi connectivity index (χ2v) is 8.25. The molecule has 0 radical (unpaired) electrons. The number of hydrogen-bond acceptors (Lipinski definition) is 5. The van der Waals surface area contributed by atoms with E-state index in [0.717, 1.165) is 11.3 Å². The van der Waals surface area contributed by atoms with E-state index in [1.54, 1.807) is 18.2 Å². The molecule has 1 aliphatic rings. The standard InChI is InChI=1S/C20H18N4O3S/c1-13-2-4-15(5-3-13)22-19-9-6-16(12-21-19)24-28(26,27)17-7-8-18-14(10-17)11-20(25)23-18/h2-10,12,24H,11H2,1H3,(H,21,22)(H,23,25). The number of aryl methyl sites for hydroxylation is 1. The fourth-order valence-corrected chi connectivity index (χ4v) is 3.99. The van der Waals surface area contributed by atoms with Crippen molar-refractivity contribution in [1.82, 2.24) is 4.98 Å². The second-order valence-electron chi connectivity index (χ2n) is 6.57. The van der Waals surface area contributed by atoms with Crippen molar-refractivity contribution in [3.05, 3.63) is 71.9 Å². The third kappa shape index (κ3) is 3.81. The van der Waals surface area contributed by atoms with Crippen LogP contribution in [0.5, 0.6) is 0 Å². The highest BCUT2D eigenvalue weighted by atomic mass is 32.2. The highest BCUT2D eigenvalue weighted by Gasteiger charge is 2.22. The van der Waals surface area contributed by atoms with E-state index in [1.165, 1.54) is 18.3 Å². The minimum atomic E-state index is -3.78. The Labute approximate surface area is 162 Å². The quantitative estimate of drug-likeness (QED) is 0.616. The average molecular weight is 394 g/mol. The lowest BCUT2D eigenvalue weighted by atomic mass is 10.2. The summed E-state index contributed by atoms with van der Waals surface area (Å²) in [6.45, 7) is 2.01. The molecule has 8 heteroatoms. The number of aromatic nitrogens is 1. The van der Waals surface area contributed by atoms with E-state index >= 15 is 0 Å². The van der Waals surface area contributed by atoms with Crippen LogP contribution in [0.25, 0.3) is 0 Å². The van der Waals surface area contributed by atoms with Gasteiger partial charge in [-0.3, -0.25) is 9.52 Å². The van der Waals surface area contributed by atoms with Crippen molar-refractivity contribution in [2.45, 2.75) is 18.2 Å². The molecule has 1 aliphatic heterocycles. The van der Waals surface area contributed by atoms with Crippen LogP contribution in [0.15, 0.2) is 65.7 Å². The molecule has 0 bridgehead atoms. The smallest absolute Gasteiger partial charge is 0.261 e. The summed E-state index contributed by atoms with van der Waals surface area (Å²) in [6, 6.07) is 15.8. The van der Waals surface area contributed by atoms with E-state index in [0.29, 0.717) is 22.8 Å². The number of rotatable bonds is 5. The van der Waals surface area contributed by atoms with Gasteiger partial charge in [0.15, 0.2) is 0 Å². The van der Waals surface area contributed by atoms with Gasteiger partial charge < -0.3 is 10.6 Å². The topological polar surface area (TPSA) is 100 Å². The molecule has 2 heterocycles. The largest absolute Gasteiger partial charge is 0.340 e. The first-order chi connectivity index (χ1) is 13.4. The van der Waals surface area contributed by atoms with E-state index in [4.69, 9.17) is 0 Å². The van der Waals surface area contributed by atoms with Gasteiger partial charge in [-0.2, -0.15) is 0 Å². The maximum atomic E-state index is 12.6. The van der Waals surface area contributed by atoms with Crippen molar-refractivity contribution in [3.8, 4) is 0 Å². The lowest BCUT2D eigenvalue weighted by Gasteiger charge is -2.10. The van der Waals surface area contributed by atoms with Gasteiger partial charge in [-0.15, -0.1) is 0 Å². The van der Waals surface area contributed by atoms with Gasteiger partial charge in [0, 0.05) is 11.4 Å². The summed E-state index contributed by atoms with van der Waals surface area (Å²) in [5.41, 5.74) is 3.73. The summed E-state index contributed by atoms with van der Waals surface area (Å²) < 4.78 is 27.8. The molecule has 1 aromatic heterocycles. The molecule has 1 amide bonds. The Kier molecular flexibility index (Phi) is 4.48. The molecule has 0 spiro atoms. The van der Waals surface area contributed by atoms with Crippen LogP contribution in [0.1, 0.15) is 11.1 Å². The van der Waals surface area contributed by atoms with Gasteiger partial charge in [0.05, 0.1) is 23.2 Å². The molecule has 0 unspecified atom stereocenters. The number of benzene rings is 2. The van der Waals surface area contributed by atoms with Crippen LogP contribution >= 0.6 is 0 Å². The predicted octanol–water partition coefficient (Wildman–Crippen LogP) is 3.43. The number of anilines is 4. The number of fused-ring (bicyclic) bond motifs is 1. The summed E-state index contributed by atoms with van der Waals surface area (Å²) in [5, 5.41) is 5.84. The average Bonchev–Trinajstić information content (AvgIpc) is 3.04. The molecule has 0 aliphatic carbocycles. The van der Waals surface area contributed by atoms with Gasteiger partial charge in [-0.25, -0.2) is 13.4 Å². The van der Waals surface area contributed by atoms with Gasteiger partial charge in [0.2, 0.25) is 5.91 Å². The molecular formula is C20H18N4O3S. The normalized spacial score (nSPS) is 13.0. The molecule has 0 saturated carbocycles. The lowest BCUT2D eigenvalue weighted by molar-refractivity contribution is -0.115. The Hall–Kier alpha value is -3.39. The molecule has 0 fully saturated rings. The first-order valence-electron chi connectivity index (χ1n) is 8.64. The third-order valence-corrected chi connectivity index (χ3v) is 5.73. The molecule has 4 rings (SSSR count). The molecule has 3 aromatic rings. The van der Waals surface area contributed by atoms with Crippen LogP contribution in [0.2, 0.25) is 0 Å². The first-order valence-corrected chi connectivity index (χ1v) is 10.1. The minimum Gasteiger partial charge on any atom is -0.340 e. The van der Waals surface area contributed by atoms with Crippen molar-refractivity contribution in [3.63, 3.8) is 0 Å². The van der Waals surface area contributed by atoms with Crippen molar-refractivity contribution in [2.24, 2.45) is 0 Å². The lowest BCUT2D eigenvalue weighted by Crippen LogP contribution is -2.13. The Balaban J connectivity index is 1.48. The molecule has 2 aromatic carbocycles. The van der Waals surface area contributed by atoms with Crippen LogP contribution < -0.4 is 15.4 Å². The number of nitrogens with one attached hydrogen (secondary N) is 3. The van der Waals surface area contributed by atoms with Crippen molar-refractivity contribution < 1.29 is 13.2 Å². The zero-order chi connectivity index (χ0) is 19.7. The van der Waals surface area contributed by atoms with Gasteiger partial charge in [0.25, 0.3) is 10.0 Å². The summed E-state index contributed by atoms with van der Waals surface area (Å²) in [7, 11) is -3.78. The van der Waals surface area contributed by atoms with Crippen molar-refractivity contribution >= 4 is 38.8 Å². The molecule has 0 saturated heterocycles. The number of amides is 1. The molecular weight excluding hydrogens is 376 g/mol. The fourth-order valence-electron chi connectivity index (χ4n) is 2.90. The Morgan fingerprint density at radius 1 is 1.00 bits per heavy atom. The van der Waals surface area contributed by atoms with E-state index in [9.17, 15) is 13.2 Å². The monoisotopic (exact) mass is 394 g/mol. The third-order valence-electron chi connectivity index (χ3n) is 4.35. The maximum absolute atomic E-state index is 12.6. The SMILES string of the molecule is Cc1ccc(Nc2ccc(NS(=O)(=O)c3ccc4c(c3)CC(=O)N4)cn2)cc1. The van der Waals surface area contributed by atoms with E-state index < -0.39 is 10.0 Å². The molecule has 0 atom stereocenters. The van der Waals surface area contributed by atoms with Crippen molar-refractivity contribution in [1.29, 1.82) is 0 Å². The van der Waals surface area contributed by atoms with Gasteiger partial charge in [-0.1, -0.05) is 17.7 Å². The Bertz CT molecular complexity index is 1140. The maximum Gasteiger partial charge on any atom is 0.261 e. The van der Waals surface area contributed by atoms with Crippen LogP contribution in [0, 0.1) is 6.92 Å². The van der Waals surface area contributed by atoms with Crippen molar-refractivity contribution in [2.75, 3.05) is 15.4 Å². The second kappa shape index (κ2) is 6.97. The number of carbonyl (C=O) groups is 1. The Morgan fingerprint density at radius 2 is 1.75 bits per heavy atom. The molecule has 7 nitrogen and oxygen atoms in total. The van der Waals surface area contributed by atoms with Gasteiger partial charge >= 0.3 is 0 Å². The number of sulfonamides is 1. The highest BCUT2D eigenvalue weighted by molar-refractivity contribution is 7.92. The number of nitrogens with zero attached hydrogens (tertiary/aromatic N) is 1. The number of pyridine rings is 1. The zero-order valence-corrected chi connectivity index (χ0v) is 15.9. The predicted molar refractivity (Wildman–Crippen MR) is 108 cm³/mol. The molecule has 142 valence electrons. The van der Waals surface area contributed by atoms with Crippen LogP contribution in [-0.4, -0.2) is 19.3 Å². The number of carbonyl (C=O) groups excluding carboxylic acids is 1. The van der Waals surface area contributed by atoms with Crippen LogP contribution in [-0.2, 0) is 21.2 Å². The van der Waals surface area contributed by atoms with E-state index in [1.807, 2.05) is 31.2 Å². The van der Waals surface area contributed by atoms with Gasteiger partial charge in [-0.05, 0) is 55.0 Å². The highest BCUT2D eigenvalue weighted by Crippen LogP contribution is 2.27. The first kappa shape index (κ1) is 18.0. The summed E-state index contributed by atoms with van der Waals surface area (Å²) in [6.07, 6.45) is 1.63. The summed E-state index contributed by atoms with van der Waals surface area (Å²) in [5.74, 6) is 0.465. The molecule has 28 heavy (non-hydrogen) atoms. The minimum absolute atomic E-state index is 0.101. The fraction of sp³-hybridized carbons (Fsp3) is 0.100. The van der Waals surface area contributed by atoms with E-state index in [2.05, 4.69) is 20.3 Å². The Morgan fingerprint density at radius 3 is 2.46 bits per heavy atom. The molecule has 3 N–H and O–H groups in total. The summed E-state index contributed by atoms with van der Waals surface area (Å²) >= 11 is 0. The zero-order valence-electron chi connectivity index (χ0n) is 15.1. The summed E-state index contributed by atoms with van der Waals surface area (Å²) in [4.78, 5) is 15.8. The van der Waals surface area contributed by atoms with Crippen LogP contribution in [0.4, 0.5) is 22.9 Å². The number of hydrogen-bond donors (Lipinski definition) is 3. The van der Waals surface area contributed by atoms with Gasteiger partial charge in [0.1, 0.15) is 5.82 Å².